The highest BCUT2D eigenvalue weighted by molar-refractivity contribution is 5.73. The molecule has 3 unspecified atom stereocenters. The summed E-state index contributed by atoms with van der Waals surface area (Å²) in [6.07, 6.45) is 5.68. The number of carboxylic acid groups (broad SMARTS) is 1. The summed E-state index contributed by atoms with van der Waals surface area (Å²) in [6, 6.07) is 0. The van der Waals surface area contributed by atoms with E-state index in [2.05, 4.69) is 6.08 Å². The van der Waals surface area contributed by atoms with Gasteiger partial charge in [0.1, 0.15) is 0 Å². The molecule has 64 valence electrons. The van der Waals surface area contributed by atoms with Gasteiger partial charge in [-0.25, -0.2) is 0 Å². The van der Waals surface area contributed by atoms with Crippen LogP contribution in [0.25, 0.3) is 0 Å². The normalized spacial score (nSPS) is 48.2. The van der Waals surface area contributed by atoms with E-state index in [0.29, 0.717) is 11.8 Å². The lowest BCUT2D eigenvalue weighted by Crippen LogP contribution is -2.29. The number of rotatable bonds is 1. The van der Waals surface area contributed by atoms with E-state index in [-0.39, 0.29) is 5.92 Å². The predicted octanol–water partition coefficient (Wildman–Crippen LogP) is 1.67. The van der Waals surface area contributed by atoms with Gasteiger partial charge in [0.25, 0.3) is 0 Å². The van der Waals surface area contributed by atoms with Crippen molar-refractivity contribution in [2.75, 3.05) is 0 Å². The lowest BCUT2D eigenvalue weighted by atomic mass is 9.76. The second-order valence-electron chi connectivity index (χ2n) is 4.41. The minimum Gasteiger partial charge on any atom is -0.481 e. The third-order valence-corrected chi connectivity index (χ3v) is 3.81. The van der Waals surface area contributed by atoms with Gasteiger partial charge in [-0.05, 0) is 37.0 Å². The van der Waals surface area contributed by atoms with Crippen LogP contribution in [-0.4, -0.2) is 11.1 Å². The fourth-order valence-corrected chi connectivity index (χ4v) is 3.48. The Hall–Kier alpha value is -0.790. The van der Waals surface area contributed by atoms with Crippen LogP contribution in [0.3, 0.4) is 0 Å². The molecule has 4 atom stereocenters. The molecule has 2 nitrogen and oxygen atoms in total. The SMILES string of the molecule is O=C(O)[C@@H]1C2CC3=CC(C2)CC31. The second kappa shape index (κ2) is 1.93. The zero-order valence-electron chi connectivity index (χ0n) is 6.86. The van der Waals surface area contributed by atoms with E-state index >= 15 is 0 Å². The number of hydrogen-bond donors (Lipinski definition) is 1. The van der Waals surface area contributed by atoms with E-state index in [0.717, 1.165) is 25.2 Å². The molecule has 0 aromatic heterocycles. The number of aliphatic carboxylic acids is 1. The lowest BCUT2D eigenvalue weighted by molar-refractivity contribution is -0.145. The maximum Gasteiger partial charge on any atom is 0.307 e. The maximum atomic E-state index is 11.0. The summed E-state index contributed by atoms with van der Waals surface area (Å²) in [7, 11) is 0. The van der Waals surface area contributed by atoms with Crippen LogP contribution in [0, 0.1) is 23.7 Å². The van der Waals surface area contributed by atoms with Gasteiger partial charge in [0.05, 0.1) is 5.92 Å². The fraction of sp³-hybridized carbons (Fsp3) is 0.700. The lowest BCUT2D eigenvalue weighted by Gasteiger charge is -2.28. The van der Waals surface area contributed by atoms with Crippen molar-refractivity contribution in [1.82, 2.24) is 0 Å². The monoisotopic (exact) mass is 164 g/mol. The summed E-state index contributed by atoms with van der Waals surface area (Å²) in [4.78, 5) is 11.0. The van der Waals surface area contributed by atoms with E-state index in [4.69, 9.17) is 5.11 Å². The molecule has 0 heterocycles. The van der Waals surface area contributed by atoms with Gasteiger partial charge in [-0.2, -0.15) is 0 Å². The topological polar surface area (TPSA) is 37.3 Å². The molecule has 4 aliphatic rings. The highest BCUT2D eigenvalue weighted by atomic mass is 16.4. The van der Waals surface area contributed by atoms with Crippen molar-refractivity contribution in [1.29, 1.82) is 0 Å². The van der Waals surface area contributed by atoms with Crippen LogP contribution in [0.5, 0.6) is 0 Å². The van der Waals surface area contributed by atoms with Crippen LogP contribution >= 0.6 is 0 Å². The van der Waals surface area contributed by atoms with Gasteiger partial charge in [0.2, 0.25) is 0 Å². The largest absolute Gasteiger partial charge is 0.481 e. The van der Waals surface area contributed by atoms with Gasteiger partial charge < -0.3 is 5.11 Å². The van der Waals surface area contributed by atoms with Crippen LogP contribution in [0.2, 0.25) is 0 Å². The van der Waals surface area contributed by atoms with Gasteiger partial charge in [0.15, 0.2) is 0 Å². The Labute approximate surface area is 71.3 Å². The molecule has 4 bridgehead atoms. The average Bonchev–Trinajstić information content (AvgIpc) is 2.38. The predicted molar refractivity (Wildman–Crippen MR) is 43.5 cm³/mol. The van der Waals surface area contributed by atoms with Crippen LogP contribution in [-0.2, 0) is 4.79 Å². The first-order chi connectivity index (χ1) is 5.75. The number of allylic oxidation sites excluding steroid dienone is 2. The molecule has 2 fully saturated rings. The molecule has 0 aromatic rings. The zero-order valence-corrected chi connectivity index (χ0v) is 6.86. The second-order valence-corrected chi connectivity index (χ2v) is 4.41. The van der Waals surface area contributed by atoms with Crippen molar-refractivity contribution in [3.8, 4) is 0 Å². The number of hydrogen-bond acceptors (Lipinski definition) is 1. The van der Waals surface area contributed by atoms with E-state index < -0.39 is 5.97 Å². The summed E-state index contributed by atoms with van der Waals surface area (Å²) in [5.41, 5.74) is 1.46. The van der Waals surface area contributed by atoms with Crippen LogP contribution < -0.4 is 0 Å². The maximum absolute atomic E-state index is 11.0. The Morgan fingerprint density at radius 2 is 2.33 bits per heavy atom. The molecule has 0 aliphatic heterocycles. The molecule has 0 radical (unpaired) electrons. The Balaban J connectivity index is 2.01. The van der Waals surface area contributed by atoms with Crippen LogP contribution in [0.15, 0.2) is 11.6 Å². The summed E-state index contributed by atoms with van der Waals surface area (Å²) in [5.74, 6) is 1.04. The summed E-state index contributed by atoms with van der Waals surface area (Å²) >= 11 is 0. The van der Waals surface area contributed by atoms with Crippen molar-refractivity contribution >= 4 is 5.97 Å². The molecule has 0 amide bonds. The number of carbonyl (C=O) groups is 1. The zero-order chi connectivity index (χ0) is 8.29. The highest BCUT2D eigenvalue weighted by Crippen LogP contribution is 2.57. The quantitative estimate of drug-likeness (QED) is 0.598. The molecule has 12 heavy (non-hydrogen) atoms. The standard InChI is InChI=1S/C10H12O2/c11-10(12)9-7-2-5-1-6(4-7)8(9)3-5/h1,5,7-9H,2-4H2,(H,11,12)/t5?,7?,8?,9-/m1/s1. The molecule has 0 saturated heterocycles. The number of carboxylic acids is 1. The average molecular weight is 164 g/mol. The molecule has 4 aliphatic carbocycles. The molecular weight excluding hydrogens is 152 g/mol. The van der Waals surface area contributed by atoms with E-state index in [1.807, 2.05) is 0 Å². The minimum atomic E-state index is -0.561. The van der Waals surface area contributed by atoms with Crippen LogP contribution in [0.1, 0.15) is 19.3 Å². The molecule has 2 saturated carbocycles. The van der Waals surface area contributed by atoms with Crippen molar-refractivity contribution in [2.45, 2.75) is 19.3 Å². The Bertz CT molecular complexity index is 280. The van der Waals surface area contributed by atoms with Gasteiger partial charge in [-0.3, -0.25) is 4.79 Å². The van der Waals surface area contributed by atoms with Crippen molar-refractivity contribution in [3.63, 3.8) is 0 Å². The first-order valence-corrected chi connectivity index (χ1v) is 4.69. The fourth-order valence-electron chi connectivity index (χ4n) is 3.48. The van der Waals surface area contributed by atoms with Crippen molar-refractivity contribution in [3.05, 3.63) is 11.6 Å². The molecule has 0 spiro atoms. The first kappa shape index (κ1) is 6.70. The van der Waals surface area contributed by atoms with Crippen molar-refractivity contribution in [2.24, 2.45) is 23.7 Å². The third kappa shape index (κ3) is 0.637. The van der Waals surface area contributed by atoms with Crippen LogP contribution in [0.4, 0.5) is 0 Å². The first-order valence-electron chi connectivity index (χ1n) is 4.69. The molecule has 2 heteroatoms. The van der Waals surface area contributed by atoms with Crippen molar-refractivity contribution < 1.29 is 9.90 Å². The molecule has 1 N–H and O–H groups in total. The summed E-state index contributed by atoms with van der Waals surface area (Å²) in [6.45, 7) is 0. The van der Waals surface area contributed by atoms with Gasteiger partial charge >= 0.3 is 5.97 Å². The Morgan fingerprint density at radius 3 is 3.00 bits per heavy atom. The summed E-state index contributed by atoms with van der Waals surface area (Å²) < 4.78 is 0. The highest BCUT2D eigenvalue weighted by Gasteiger charge is 2.51. The Morgan fingerprint density at radius 1 is 1.50 bits per heavy atom. The minimum absolute atomic E-state index is 0.0324. The third-order valence-electron chi connectivity index (χ3n) is 3.81. The van der Waals surface area contributed by atoms with E-state index in [1.54, 1.807) is 0 Å². The smallest absolute Gasteiger partial charge is 0.307 e. The van der Waals surface area contributed by atoms with Gasteiger partial charge in [0, 0.05) is 0 Å². The van der Waals surface area contributed by atoms with Gasteiger partial charge in [-0.15, -0.1) is 0 Å². The molecule has 0 aromatic carbocycles. The molecular formula is C10H12O2. The van der Waals surface area contributed by atoms with Gasteiger partial charge in [-0.1, -0.05) is 11.6 Å². The van der Waals surface area contributed by atoms with E-state index in [9.17, 15) is 4.79 Å². The van der Waals surface area contributed by atoms with E-state index in [1.165, 1.54) is 5.57 Å². The Kier molecular flexibility index (Phi) is 1.07. The summed E-state index contributed by atoms with van der Waals surface area (Å²) in [5, 5.41) is 9.03. The molecule has 4 rings (SSSR count).